The van der Waals surface area contributed by atoms with Crippen molar-refractivity contribution in [2.24, 2.45) is 0 Å². The van der Waals surface area contributed by atoms with Gasteiger partial charge in [0.05, 0.1) is 25.1 Å². The lowest BCUT2D eigenvalue weighted by Crippen LogP contribution is -1.92. The minimum absolute atomic E-state index is 0.372. The Labute approximate surface area is 87.4 Å². The van der Waals surface area contributed by atoms with Crippen LogP contribution in [0.3, 0.4) is 0 Å². The molecule has 0 aromatic heterocycles. The lowest BCUT2D eigenvalue weighted by Gasteiger charge is -2.09. The lowest BCUT2D eigenvalue weighted by atomic mass is 10.2. The van der Waals surface area contributed by atoms with Gasteiger partial charge in [0.25, 0.3) is 0 Å². The maximum atomic E-state index is 5.89. The molecule has 1 aromatic rings. The zero-order chi connectivity index (χ0) is 9.84. The normalized spacial score (nSPS) is 9.85. The molecule has 0 N–H and O–H groups in total. The summed E-state index contributed by atoms with van der Waals surface area (Å²) >= 11 is 11.6. The third-order valence-corrected chi connectivity index (χ3v) is 2.28. The Bertz CT molecular complexity index is 300. The van der Waals surface area contributed by atoms with E-state index >= 15 is 0 Å². The summed E-state index contributed by atoms with van der Waals surface area (Å²) in [6, 6.07) is 3.46. The molecular formula is C9H10Cl2O2. The molecule has 0 fully saturated rings. The average molecular weight is 221 g/mol. The Morgan fingerprint density at radius 2 is 1.77 bits per heavy atom. The van der Waals surface area contributed by atoms with Crippen molar-refractivity contribution in [2.45, 2.75) is 5.88 Å². The Hall–Kier alpha value is -0.600. The van der Waals surface area contributed by atoms with Crippen LogP contribution < -0.4 is 9.47 Å². The van der Waals surface area contributed by atoms with Crippen molar-refractivity contribution >= 4 is 23.2 Å². The van der Waals surface area contributed by atoms with Crippen LogP contribution in [0.1, 0.15) is 5.56 Å². The average Bonchev–Trinajstić information content (AvgIpc) is 2.17. The highest BCUT2D eigenvalue weighted by molar-refractivity contribution is 6.32. The van der Waals surface area contributed by atoms with E-state index in [1.165, 1.54) is 0 Å². The maximum Gasteiger partial charge on any atom is 0.138 e. The van der Waals surface area contributed by atoms with E-state index in [0.29, 0.717) is 22.4 Å². The molecule has 0 bridgehead atoms. The predicted octanol–water partition coefficient (Wildman–Crippen LogP) is 3.10. The highest BCUT2D eigenvalue weighted by atomic mass is 35.5. The van der Waals surface area contributed by atoms with Crippen LogP contribution in [0, 0.1) is 0 Å². The first-order valence-corrected chi connectivity index (χ1v) is 4.60. The van der Waals surface area contributed by atoms with Crippen LogP contribution >= 0.6 is 23.2 Å². The van der Waals surface area contributed by atoms with Crippen molar-refractivity contribution in [1.29, 1.82) is 0 Å². The van der Waals surface area contributed by atoms with E-state index in [2.05, 4.69) is 0 Å². The minimum Gasteiger partial charge on any atom is -0.496 e. The molecule has 0 saturated heterocycles. The number of halogens is 2. The second kappa shape index (κ2) is 4.58. The molecule has 1 aromatic carbocycles. The maximum absolute atomic E-state index is 5.89. The van der Waals surface area contributed by atoms with Crippen molar-refractivity contribution in [1.82, 2.24) is 0 Å². The van der Waals surface area contributed by atoms with Gasteiger partial charge in [0.1, 0.15) is 11.5 Å². The monoisotopic (exact) mass is 220 g/mol. The number of alkyl halides is 1. The van der Waals surface area contributed by atoms with Crippen LogP contribution in [-0.2, 0) is 5.88 Å². The van der Waals surface area contributed by atoms with E-state index in [-0.39, 0.29) is 0 Å². The van der Waals surface area contributed by atoms with Gasteiger partial charge >= 0.3 is 0 Å². The second-order valence-corrected chi connectivity index (χ2v) is 3.11. The van der Waals surface area contributed by atoms with E-state index in [4.69, 9.17) is 32.7 Å². The summed E-state index contributed by atoms with van der Waals surface area (Å²) in [5.41, 5.74) is 0.866. The minimum atomic E-state index is 0.372. The Balaban J connectivity index is 3.18. The van der Waals surface area contributed by atoms with Gasteiger partial charge in [0.2, 0.25) is 0 Å². The molecule has 13 heavy (non-hydrogen) atoms. The topological polar surface area (TPSA) is 18.5 Å². The van der Waals surface area contributed by atoms with E-state index in [1.807, 2.05) is 0 Å². The number of rotatable bonds is 3. The predicted molar refractivity (Wildman–Crippen MR) is 54.1 cm³/mol. The van der Waals surface area contributed by atoms with Gasteiger partial charge in [-0.25, -0.2) is 0 Å². The molecule has 72 valence electrons. The van der Waals surface area contributed by atoms with Crippen molar-refractivity contribution < 1.29 is 9.47 Å². The van der Waals surface area contributed by atoms with Gasteiger partial charge in [-0.1, -0.05) is 11.6 Å². The van der Waals surface area contributed by atoms with Gasteiger partial charge in [-0.05, 0) is 6.07 Å². The molecule has 0 aliphatic rings. The first kappa shape index (κ1) is 10.5. The van der Waals surface area contributed by atoms with Crippen molar-refractivity contribution in [3.05, 3.63) is 22.7 Å². The van der Waals surface area contributed by atoms with Gasteiger partial charge in [-0.15, -0.1) is 11.6 Å². The fourth-order valence-corrected chi connectivity index (χ4v) is 1.47. The standard InChI is InChI=1S/C9H10Cl2O2/c1-12-8-4-7(11)9(13-2)3-6(8)5-10/h3-4H,5H2,1-2H3. The van der Waals surface area contributed by atoms with Crippen LogP contribution in [0.2, 0.25) is 5.02 Å². The summed E-state index contributed by atoms with van der Waals surface area (Å²) in [6.07, 6.45) is 0. The lowest BCUT2D eigenvalue weighted by molar-refractivity contribution is 0.400. The third kappa shape index (κ3) is 2.20. The molecular weight excluding hydrogens is 211 g/mol. The number of benzene rings is 1. The van der Waals surface area contributed by atoms with Gasteiger partial charge in [0.15, 0.2) is 0 Å². The first-order valence-electron chi connectivity index (χ1n) is 3.69. The second-order valence-electron chi connectivity index (χ2n) is 2.43. The molecule has 0 aliphatic carbocycles. The van der Waals surface area contributed by atoms with Crippen molar-refractivity contribution in [3.8, 4) is 11.5 Å². The summed E-state index contributed by atoms with van der Waals surface area (Å²) in [4.78, 5) is 0. The SMILES string of the molecule is COc1cc(CCl)c(OC)cc1Cl. The molecule has 0 amide bonds. The molecule has 0 heterocycles. The molecule has 2 nitrogen and oxygen atoms in total. The number of ether oxygens (including phenoxy) is 2. The smallest absolute Gasteiger partial charge is 0.138 e. The highest BCUT2D eigenvalue weighted by Gasteiger charge is 2.08. The van der Waals surface area contributed by atoms with Crippen LogP contribution in [0.4, 0.5) is 0 Å². The van der Waals surface area contributed by atoms with E-state index in [0.717, 1.165) is 5.56 Å². The quantitative estimate of drug-likeness (QED) is 0.730. The largest absolute Gasteiger partial charge is 0.496 e. The number of hydrogen-bond donors (Lipinski definition) is 0. The molecule has 0 saturated carbocycles. The van der Waals surface area contributed by atoms with Crippen LogP contribution in [0.15, 0.2) is 12.1 Å². The molecule has 0 radical (unpaired) electrons. The number of hydrogen-bond acceptors (Lipinski definition) is 2. The van der Waals surface area contributed by atoms with Gasteiger partial charge in [-0.2, -0.15) is 0 Å². The number of methoxy groups -OCH3 is 2. The molecule has 4 heteroatoms. The third-order valence-electron chi connectivity index (χ3n) is 1.70. The van der Waals surface area contributed by atoms with E-state index in [1.54, 1.807) is 26.4 Å². The van der Waals surface area contributed by atoms with Crippen LogP contribution in [-0.4, -0.2) is 14.2 Å². The van der Waals surface area contributed by atoms with Crippen LogP contribution in [0.25, 0.3) is 0 Å². The van der Waals surface area contributed by atoms with Gasteiger partial charge in [0, 0.05) is 11.6 Å². The molecule has 0 spiro atoms. The van der Waals surface area contributed by atoms with Gasteiger partial charge < -0.3 is 9.47 Å². The summed E-state index contributed by atoms with van der Waals surface area (Å²) in [7, 11) is 3.14. The van der Waals surface area contributed by atoms with E-state index in [9.17, 15) is 0 Å². The first-order chi connectivity index (χ1) is 6.22. The fourth-order valence-electron chi connectivity index (χ4n) is 1.03. The molecule has 0 unspecified atom stereocenters. The van der Waals surface area contributed by atoms with Gasteiger partial charge in [-0.3, -0.25) is 0 Å². The Morgan fingerprint density at radius 1 is 1.15 bits per heavy atom. The highest BCUT2D eigenvalue weighted by Crippen LogP contribution is 2.32. The molecule has 1 rings (SSSR count). The van der Waals surface area contributed by atoms with Crippen molar-refractivity contribution in [2.75, 3.05) is 14.2 Å². The molecule has 0 aliphatic heterocycles. The van der Waals surface area contributed by atoms with Crippen molar-refractivity contribution in [3.63, 3.8) is 0 Å². The Kier molecular flexibility index (Phi) is 3.70. The van der Waals surface area contributed by atoms with Crippen LogP contribution in [0.5, 0.6) is 11.5 Å². The summed E-state index contributed by atoms with van der Waals surface area (Å²) in [5.74, 6) is 1.66. The summed E-state index contributed by atoms with van der Waals surface area (Å²) in [6.45, 7) is 0. The Morgan fingerprint density at radius 3 is 2.23 bits per heavy atom. The molecule has 0 atom stereocenters. The van der Waals surface area contributed by atoms with E-state index < -0.39 is 0 Å². The fraction of sp³-hybridized carbons (Fsp3) is 0.333. The summed E-state index contributed by atoms with van der Waals surface area (Å²) in [5, 5.41) is 0.521. The zero-order valence-electron chi connectivity index (χ0n) is 7.43. The summed E-state index contributed by atoms with van der Waals surface area (Å²) < 4.78 is 10.1. The zero-order valence-corrected chi connectivity index (χ0v) is 8.95.